The number of aromatic nitrogens is 1. The van der Waals surface area contributed by atoms with Gasteiger partial charge in [0.15, 0.2) is 5.78 Å². The number of nitrogens with zero attached hydrogens (tertiary/aromatic N) is 1. The first-order valence-electron chi connectivity index (χ1n) is 10.3. The van der Waals surface area contributed by atoms with Gasteiger partial charge in [-0.1, -0.05) is 6.92 Å². The van der Waals surface area contributed by atoms with E-state index in [1.54, 1.807) is 37.4 Å². The summed E-state index contributed by atoms with van der Waals surface area (Å²) in [4.78, 5) is 16.1. The lowest BCUT2D eigenvalue weighted by Crippen LogP contribution is -2.31. The highest BCUT2D eigenvalue weighted by molar-refractivity contribution is 7.92. The molecule has 0 amide bonds. The van der Waals surface area contributed by atoms with Crippen LogP contribution in [0.1, 0.15) is 48.3 Å². The third-order valence-electron chi connectivity index (χ3n) is 5.76. The highest BCUT2D eigenvalue weighted by Crippen LogP contribution is 2.34. The number of carbonyl (C=O) groups is 1. The van der Waals surface area contributed by atoms with Crippen LogP contribution < -0.4 is 9.04 Å². The number of methoxy groups -OCH3 is 1. The van der Waals surface area contributed by atoms with Crippen molar-refractivity contribution in [3.05, 3.63) is 53.2 Å². The lowest BCUT2D eigenvalue weighted by atomic mass is 9.94. The molecule has 158 valence electrons. The number of aryl methyl sites for hydroxylation is 2. The molecule has 4 rings (SSSR count). The Morgan fingerprint density at radius 1 is 1.10 bits per heavy atom. The highest BCUT2D eigenvalue weighted by Gasteiger charge is 2.29. The van der Waals surface area contributed by atoms with Gasteiger partial charge in [0.1, 0.15) is 5.75 Å². The van der Waals surface area contributed by atoms with Gasteiger partial charge in [0, 0.05) is 35.1 Å². The summed E-state index contributed by atoms with van der Waals surface area (Å²) in [6, 6.07) is 10.6. The smallest absolute Gasteiger partial charge is 0.264 e. The summed E-state index contributed by atoms with van der Waals surface area (Å²) in [5.74, 6) is 0.804. The van der Waals surface area contributed by atoms with Crippen molar-refractivity contribution < 1.29 is 17.9 Å². The third-order valence-corrected chi connectivity index (χ3v) is 7.75. The molecule has 1 aliphatic rings. The predicted octanol–water partition coefficient (Wildman–Crippen LogP) is 4.47. The topological polar surface area (TPSA) is 79.5 Å². The van der Waals surface area contributed by atoms with Gasteiger partial charge in [-0.25, -0.2) is 8.42 Å². The molecule has 7 heteroatoms. The Kier molecular flexibility index (Phi) is 5.32. The van der Waals surface area contributed by atoms with Gasteiger partial charge >= 0.3 is 0 Å². The van der Waals surface area contributed by atoms with E-state index in [0.717, 1.165) is 35.0 Å². The molecule has 0 atom stereocenters. The zero-order chi connectivity index (χ0) is 21.5. The zero-order valence-electron chi connectivity index (χ0n) is 17.5. The largest absolute Gasteiger partial charge is 0.497 e. The molecule has 0 bridgehead atoms. The van der Waals surface area contributed by atoms with Crippen LogP contribution in [0.5, 0.6) is 5.75 Å². The second-order valence-corrected chi connectivity index (χ2v) is 9.31. The van der Waals surface area contributed by atoms with Crippen molar-refractivity contribution in [3.63, 3.8) is 0 Å². The molecule has 0 aliphatic heterocycles. The highest BCUT2D eigenvalue weighted by atomic mass is 32.2. The Morgan fingerprint density at radius 2 is 1.83 bits per heavy atom. The first-order valence-corrected chi connectivity index (χ1v) is 11.7. The van der Waals surface area contributed by atoms with Gasteiger partial charge in [-0.2, -0.15) is 0 Å². The van der Waals surface area contributed by atoms with Gasteiger partial charge in [0.2, 0.25) is 0 Å². The van der Waals surface area contributed by atoms with Gasteiger partial charge in [-0.3, -0.25) is 9.10 Å². The van der Waals surface area contributed by atoms with Gasteiger partial charge in [0.05, 0.1) is 17.7 Å². The number of aromatic amines is 1. The molecule has 0 radical (unpaired) electrons. The van der Waals surface area contributed by atoms with E-state index in [4.69, 9.17) is 4.74 Å². The monoisotopic (exact) mass is 426 g/mol. The van der Waals surface area contributed by atoms with Crippen molar-refractivity contribution in [2.75, 3.05) is 18.0 Å². The molecule has 1 aromatic heterocycles. The Morgan fingerprint density at radius 3 is 2.47 bits per heavy atom. The minimum Gasteiger partial charge on any atom is -0.497 e. The molecule has 3 aromatic rings. The van der Waals surface area contributed by atoms with Gasteiger partial charge < -0.3 is 9.72 Å². The van der Waals surface area contributed by atoms with Crippen molar-refractivity contribution in [1.29, 1.82) is 0 Å². The summed E-state index contributed by atoms with van der Waals surface area (Å²) in [6.07, 6.45) is 2.74. The van der Waals surface area contributed by atoms with Crippen LogP contribution in [0.25, 0.3) is 10.9 Å². The molecule has 1 N–H and O–H groups in total. The van der Waals surface area contributed by atoms with E-state index in [9.17, 15) is 13.2 Å². The Hall–Kier alpha value is -2.80. The molecule has 30 heavy (non-hydrogen) atoms. The molecule has 2 aromatic carbocycles. The van der Waals surface area contributed by atoms with E-state index in [2.05, 4.69) is 4.98 Å². The van der Waals surface area contributed by atoms with Crippen molar-refractivity contribution in [2.24, 2.45) is 0 Å². The number of carbonyl (C=O) groups excluding carboxylic acids is 1. The third kappa shape index (κ3) is 3.27. The fourth-order valence-electron chi connectivity index (χ4n) is 4.25. The number of ether oxygens (including phenoxy) is 1. The first kappa shape index (κ1) is 20.5. The number of sulfonamides is 1. The maximum Gasteiger partial charge on any atom is 0.264 e. The van der Waals surface area contributed by atoms with Crippen molar-refractivity contribution in [1.82, 2.24) is 4.98 Å². The quantitative estimate of drug-likeness (QED) is 0.631. The number of rotatable bonds is 6. The predicted molar refractivity (Wildman–Crippen MR) is 118 cm³/mol. The number of benzene rings is 2. The van der Waals surface area contributed by atoms with E-state index in [0.29, 0.717) is 36.3 Å². The average Bonchev–Trinajstić information content (AvgIpc) is 3.12. The summed E-state index contributed by atoms with van der Waals surface area (Å²) in [5, 5.41) is 0.831. The number of nitrogens with one attached hydrogen (secondary N) is 1. The summed E-state index contributed by atoms with van der Waals surface area (Å²) in [5.41, 5.74) is 3.66. The van der Waals surface area contributed by atoms with E-state index >= 15 is 0 Å². The summed E-state index contributed by atoms with van der Waals surface area (Å²) < 4.78 is 33.9. The zero-order valence-corrected chi connectivity index (χ0v) is 18.3. The normalized spacial score (nSPS) is 14.0. The molecule has 0 saturated heterocycles. The van der Waals surface area contributed by atoms with Crippen LogP contribution in [-0.4, -0.2) is 32.8 Å². The van der Waals surface area contributed by atoms with E-state index in [1.165, 1.54) is 4.31 Å². The van der Waals surface area contributed by atoms with Crippen molar-refractivity contribution >= 4 is 32.4 Å². The van der Waals surface area contributed by atoms with Crippen LogP contribution in [0.3, 0.4) is 0 Å². The minimum absolute atomic E-state index is 0.133. The molecule has 0 unspecified atom stereocenters. The van der Waals surface area contributed by atoms with Crippen LogP contribution in [0.15, 0.2) is 41.3 Å². The lowest BCUT2D eigenvalue weighted by Gasteiger charge is -2.24. The van der Waals surface area contributed by atoms with Gasteiger partial charge in [0.25, 0.3) is 10.0 Å². The average molecular weight is 427 g/mol. The fourth-order valence-corrected chi connectivity index (χ4v) is 6.03. The molecule has 0 fully saturated rings. The van der Waals surface area contributed by atoms with Crippen LogP contribution in [-0.2, 0) is 22.9 Å². The molecular formula is C23H26N2O4S. The van der Waals surface area contributed by atoms with Crippen molar-refractivity contribution in [3.8, 4) is 5.75 Å². The molecule has 6 nitrogen and oxygen atoms in total. The second-order valence-electron chi connectivity index (χ2n) is 7.48. The van der Waals surface area contributed by atoms with E-state index < -0.39 is 10.0 Å². The fraction of sp³-hybridized carbons (Fsp3) is 0.348. The Labute approximate surface area is 176 Å². The Bertz CT molecular complexity index is 1210. The SMILES string of the molecule is CCc1cc2c3c([nH]c2cc1S(=O)(=O)N(CC)c1ccc(OC)cc1)CCCC3=O. The van der Waals surface area contributed by atoms with Crippen LogP contribution in [0, 0.1) is 0 Å². The van der Waals surface area contributed by atoms with E-state index in [1.807, 2.05) is 19.9 Å². The van der Waals surface area contributed by atoms with E-state index in [-0.39, 0.29) is 10.7 Å². The standard InChI is InChI=1S/C23H26N2O4S/c1-4-15-13-18-20(24-19-7-6-8-21(26)23(18)19)14-22(15)30(27,28)25(5-2)16-9-11-17(29-3)12-10-16/h9-14,24H,4-8H2,1-3H3. The number of H-pyrrole nitrogens is 1. The van der Waals surface area contributed by atoms with Gasteiger partial charge in [-0.15, -0.1) is 0 Å². The minimum atomic E-state index is -3.79. The van der Waals surface area contributed by atoms with Crippen LogP contribution in [0.4, 0.5) is 5.69 Å². The lowest BCUT2D eigenvalue weighted by molar-refractivity contribution is 0.0974. The molecule has 1 heterocycles. The summed E-state index contributed by atoms with van der Waals surface area (Å²) in [6.45, 7) is 4.05. The first-order chi connectivity index (χ1) is 14.4. The number of hydrogen-bond donors (Lipinski definition) is 1. The van der Waals surface area contributed by atoms with Crippen LogP contribution >= 0.6 is 0 Å². The van der Waals surface area contributed by atoms with Crippen LogP contribution in [0.2, 0.25) is 0 Å². The second kappa shape index (κ2) is 7.80. The number of Topliss-reactive ketones (excluding diaryl/α,β-unsaturated/α-hetero) is 1. The summed E-state index contributed by atoms with van der Waals surface area (Å²) >= 11 is 0. The number of anilines is 1. The maximum absolute atomic E-state index is 13.7. The van der Waals surface area contributed by atoms with Gasteiger partial charge in [-0.05, 0) is 68.1 Å². The number of ketones is 1. The summed E-state index contributed by atoms with van der Waals surface area (Å²) in [7, 11) is -2.21. The number of fused-ring (bicyclic) bond motifs is 3. The molecule has 0 spiro atoms. The van der Waals surface area contributed by atoms with Crippen molar-refractivity contribution in [2.45, 2.75) is 44.4 Å². The Balaban J connectivity index is 1.86. The molecular weight excluding hydrogens is 400 g/mol. The molecule has 0 saturated carbocycles. The molecule has 1 aliphatic carbocycles. The maximum atomic E-state index is 13.7. The number of hydrogen-bond acceptors (Lipinski definition) is 4.